The first-order valence-corrected chi connectivity index (χ1v) is 7.44. The monoisotopic (exact) mass is 323 g/mol. The fraction of sp³-hybridized carbons (Fsp3) is 0.211. The highest BCUT2D eigenvalue weighted by Gasteiger charge is 2.11. The van der Waals surface area contributed by atoms with Crippen LogP contribution in [0, 0.1) is 11.3 Å². The number of nitrogens with zero attached hydrogens (tertiary/aromatic N) is 1. The minimum Gasteiger partial charge on any atom is -0.497 e. The molecule has 0 amide bonds. The number of ketones is 1. The Hall–Kier alpha value is -3.13. The molecule has 0 atom stereocenters. The van der Waals surface area contributed by atoms with E-state index in [1.54, 1.807) is 48.5 Å². The summed E-state index contributed by atoms with van der Waals surface area (Å²) in [4.78, 5) is 23.7. The number of rotatable bonds is 7. The smallest absolute Gasteiger partial charge is 0.306 e. The molecule has 0 heterocycles. The molecule has 0 saturated heterocycles. The molecule has 2 aromatic carbocycles. The summed E-state index contributed by atoms with van der Waals surface area (Å²) in [6, 6.07) is 15.7. The SMILES string of the molecule is COc1cccc(C(=O)COC(=O)CCc2ccc(C#N)cc2)c1. The van der Waals surface area contributed by atoms with Gasteiger partial charge in [-0.2, -0.15) is 5.26 Å². The molecule has 5 nitrogen and oxygen atoms in total. The second kappa shape index (κ2) is 8.49. The molecule has 0 spiro atoms. The topological polar surface area (TPSA) is 76.4 Å². The van der Waals surface area contributed by atoms with Crippen molar-refractivity contribution in [1.82, 2.24) is 0 Å². The largest absolute Gasteiger partial charge is 0.497 e. The molecular formula is C19H17NO4. The number of carbonyl (C=O) groups is 2. The van der Waals surface area contributed by atoms with Crippen LogP contribution in [0.5, 0.6) is 5.75 Å². The Labute approximate surface area is 140 Å². The van der Waals surface area contributed by atoms with Gasteiger partial charge in [0.05, 0.1) is 18.7 Å². The summed E-state index contributed by atoms with van der Waals surface area (Å²) in [5, 5.41) is 8.73. The lowest BCUT2D eigenvalue weighted by molar-refractivity contribution is -0.142. The Morgan fingerprint density at radius 1 is 1.12 bits per heavy atom. The summed E-state index contributed by atoms with van der Waals surface area (Å²) in [5.74, 6) is -0.135. The van der Waals surface area contributed by atoms with Crippen molar-refractivity contribution >= 4 is 11.8 Å². The van der Waals surface area contributed by atoms with E-state index in [4.69, 9.17) is 14.7 Å². The summed E-state index contributed by atoms with van der Waals surface area (Å²) in [5.41, 5.74) is 1.95. The molecule has 0 unspecified atom stereocenters. The summed E-state index contributed by atoms with van der Waals surface area (Å²) >= 11 is 0. The van der Waals surface area contributed by atoms with Crippen LogP contribution in [0.1, 0.15) is 27.9 Å². The number of aryl methyl sites for hydroxylation is 1. The van der Waals surface area contributed by atoms with Crippen molar-refractivity contribution in [2.24, 2.45) is 0 Å². The van der Waals surface area contributed by atoms with E-state index in [1.165, 1.54) is 7.11 Å². The van der Waals surface area contributed by atoms with Crippen molar-refractivity contribution in [3.8, 4) is 11.8 Å². The van der Waals surface area contributed by atoms with Gasteiger partial charge in [-0.25, -0.2) is 0 Å². The van der Waals surface area contributed by atoms with Gasteiger partial charge in [0, 0.05) is 12.0 Å². The van der Waals surface area contributed by atoms with Gasteiger partial charge in [0.2, 0.25) is 0 Å². The van der Waals surface area contributed by atoms with Crippen LogP contribution in [0.3, 0.4) is 0 Å². The number of methoxy groups -OCH3 is 1. The zero-order valence-electron chi connectivity index (χ0n) is 13.3. The third-order valence-electron chi connectivity index (χ3n) is 3.46. The molecule has 24 heavy (non-hydrogen) atoms. The molecule has 0 aliphatic heterocycles. The Bertz CT molecular complexity index is 760. The van der Waals surface area contributed by atoms with Crippen molar-refractivity contribution in [2.45, 2.75) is 12.8 Å². The van der Waals surface area contributed by atoms with Crippen molar-refractivity contribution in [2.75, 3.05) is 13.7 Å². The highest BCUT2D eigenvalue weighted by atomic mass is 16.5. The standard InChI is InChI=1S/C19H17NO4/c1-23-17-4-2-3-16(11-17)18(21)13-24-19(22)10-9-14-5-7-15(12-20)8-6-14/h2-8,11H,9-10,13H2,1H3. The molecule has 5 heteroatoms. The van der Waals surface area contributed by atoms with Gasteiger partial charge in [-0.1, -0.05) is 24.3 Å². The summed E-state index contributed by atoms with van der Waals surface area (Å²) in [6.07, 6.45) is 0.676. The zero-order valence-corrected chi connectivity index (χ0v) is 13.3. The van der Waals surface area contributed by atoms with Crippen LogP contribution < -0.4 is 4.74 Å². The van der Waals surface area contributed by atoms with Gasteiger partial charge in [0.15, 0.2) is 12.4 Å². The summed E-state index contributed by atoms with van der Waals surface area (Å²) < 4.78 is 10.1. The molecule has 2 rings (SSSR count). The maximum Gasteiger partial charge on any atom is 0.306 e. The van der Waals surface area contributed by atoms with Gasteiger partial charge in [-0.05, 0) is 36.2 Å². The maximum absolute atomic E-state index is 12.0. The minimum atomic E-state index is -0.435. The van der Waals surface area contributed by atoms with Crippen molar-refractivity contribution < 1.29 is 19.1 Å². The fourth-order valence-corrected chi connectivity index (χ4v) is 2.09. The number of hydrogen-bond acceptors (Lipinski definition) is 5. The first-order valence-electron chi connectivity index (χ1n) is 7.44. The first kappa shape index (κ1) is 17.2. The number of esters is 1. The normalized spacial score (nSPS) is 9.83. The van der Waals surface area contributed by atoms with E-state index in [0.29, 0.717) is 23.3 Å². The molecular weight excluding hydrogens is 306 g/mol. The van der Waals surface area contributed by atoms with Crippen LogP contribution in [-0.4, -0.2) is 25.5 Å². The molecule has 0 aliphatic carbocycles. The van der Waals surface area contributed by atoms with Gasteiger partial charge in [-0.15, -0.1) is 0 Å². The third-order valence-corrected chi connectivity index (χ3v) is 3.46. The Morgan fingerprint density at radius 3 is 2.54 bits per heavy atom. The Balaban J connectivity index is 1.79. The average Bonchev–Trinajstić information content (AvgIpc) is 2.64. The van der Waals surface area contributed by atoms with Gasteiger partial charge in [0.1, 0.15) is 5.75 Å². The van der Waals surface area contributed by atoms with E-state index in [1.807, 2.05) is 6.07 Å². The van der Waals surface area contributed by atoms with E-state index < -0.39 is 5.97 Å². The van der Waals surface area contributed by atoms with Gasteiger partial charge in [-0.3, -0.25) is 9.59 Å². The number of nitriles is 1. The van der Waals surface area contributed by atoms with Gasteiger partial charge >= 0.3 is 5.97 Å². The number of carbonyl (C=O) groups excluding carboxylic acids is 2. The van der Waals surface area contributed by atoms with Crippen LogP contribution in [0.25, 0.3) is 0 Å². The lowest BCUT2D eigenvalue weighted by atomic mass is 10.1. The Kier molecular flexibility index (Phi) is 6.09. The minimum absolute atomic E-state index is 0.178. The maximum atomic E-state index is 12.0. The van der Waals surface area contributed by atoms with E-state index >= 15 is 0 Å². The molecule has 0 bridgehead atoms. The van der Waals surface area contributed by atoms with Crippen LogP contribution in [0.2, 0.25) is 0 Å². The Morgan fingerprint density at radius 2 is 1.88 bits per heavy atom. The highest BCUT2D eigenvalue weighted by Crippen LogP contribution is 2.13. The van der Waals surface area contributed by atoms with Crippen LogP contribution >= 0.6 is 0 Å². The van der Waals surface area contributed by atoms with Crippen LogP contribution in [0.15, 0.2) is 48.5 Å². The zero-order chi connectivity index (χ0) is 17.4. The lowest BCUT2D eigenvalue weighted by Crippen LogP contribution is -2.14. The molecule has 0 fully saturated rings. The third kappa shape index (κ3) is 4.96. The molecule has 0 N–H and O–H groups in total. The number of ether oxygens (including phenoxy) is 2. The quantitative estimate of drug-likeness (QED) is 0.578. The van der Waals surface area contributed by atoms with Crippen molar-refractivity contribution in [1.29, 1.82) is 5.26 Å². The van der Waals surface area contributed by atoms with E-state index in [9.17, 15) is 9.59 Å². The molecule has 0 aliphatic rings. The van der Waals surface area contributed by atoms with Crippen LogP contribution in [-0.2, 0) is 16.0 Å². The summed E-state index contributed by atoms with van der Waals surface area (Å²) in [7, 11) is 1.52. The summed E-state index contributed by atoms with van der Waals surface area (Å²) in [6.45, 7) is -0.292. The predicted octanol–water partition coefficient (Wildman–Crippen LogP) is 2.93. The van der Waals surface area contributed by atoms with Gasteiger partial charge < -0.3 is 9.47 Å². The van der Waals surface area contributed by atoms with E-state index in [2.05, 4.69) is 0 Å². The van der Waals surface area contributed by atoms with Gasteiger partial charge in [0.25, 0.3) is 0 Å². The second-order valence-corrected chi connectivity index (χ2v) is 5.12. The first-order chi connectivity index (χ1) is 11.6. The molecule has 122 valence electrons. The number of Topliss-reactive ketones (excluding diaryl/α,β-unsaturated/α-hetero) is 1. The number of benzene rings is 2. The van der Waals surface area contributed by atoms with E-state index in [0.717, 1.165) is 5.56 Å². The second-order valence-electron chi connectivity index (χ2n) is 5.12. The number of hydrogen-bond donors (Lipinski definition) is 0. The van der Waals surface area contributed by atoms with E-state index in [-0.39, 0.29) is 18.8 Å². The molecule has 0 aromatic heterocycles. The van der Waals surface area contributed by atoms with Crippen molar-refractivity contribution in [3.05, 3.63) is 65.2 Å². The predicted molar refractivity (Wildman–Crippen MR) is 87.8 cm³/mol. The molecule has 0 radical (unpaired) electrons. The molecule has 0 saturated carbocycles. The molecule has 2 aromatic rings. The van der Waals surface area contributed by atoms with Crippen LogP contribution in [0.4, 0.5) is 0 Å². The highest BCUT2D eigenvalue weighted by molar-refractivity contribution is 5.98. The fourth-order valence-electron chi connectivity index (χ4n) is 2.09. The van der Waals surface area contributed by atoms with Crippen molar-refractivity contribution in [3.63, 3.8) is 0 Å². The lowest BCUT2D eigenvalue weighted by Gasteiger charge is -2.06. The average molecular weight is 323 g/mol.